The maximum Gasteiger partial charge on any atom is 0.257 e. The van der Waals surface area contributed by atoms with Crippen LogP contribution in [0.3, 0.4) is 0 Å². The first-order chi connectivity index (χ1) is 8.25. The molecule has 1 fully saturated rings. The van der Waals surface area contributed by atoms with Crippen molar-refractivity contribution in [2.24, 2.45) is 0 Å². The van der Waals surface area contributed by atoms with E-state index in [9.17, 15) is 4.79 Å². The summed E-state index contributed by atoms with van der Waals surface area (Å²) in [5.74, 6) is -0.0430. The van der Waals surface area contributed by atoms with Crippen LogP contribution in [0.4, 0.5) is 5.69 Å². The summed E-state index contributed by atoms with van der Waals surface area (Å²) in [6.07, 6.45) is 1.98. The van der Waals surface area contributed by atoms with Crippen molar-refractivity contribution < 1.29 is 4.79 Å². The maximum atomic E-state index is 11.6. The molecule has 1 amide bonds. The number of fused-ring (bicyclic) bond motifs is 1. The molecule has 0 spiro atoms. The Morgan fingerprint density at radius 1 is 1.35 bits per heavy atom. The fourth-order valence-electron chi connectivity index (χ4n) is 2.15. The Labute approximate surface area is 99.4 Å². The molecule has 3 N–H and O–H groups in total. The lowest BCUT2D eigenvalue weighted by Crippen LogP contribution is -2.56. The minimum atomic E-state index is -0.254. The van der Waals surface area contributed by atoms with Gasteiger partial charge in [0.1, 0.15) is 6.04 Å². The molecule has 88 valence electrons. The van der Waals surface area contributed by atoms with Crippen LogP contribution in [0.1, 0.15) is 5.56 Å². The number of amides is 1. The van der Waals surface area contributed by atoms with Crippen molar-refractivity contribution in [3.63, 3.8) is 0 Å². The lowest BCUT2D eigenvalue weighted by Gasteiger charge is -2.23. The topological polar surface area (TPSA) is 56.4 Å². The minimum Gasteiger partial charge on any atom is -0.290 e. The van der Waals surface area contributed by atoms with E-state index in [2.05, 4.69) is 29.3 Å². The summed E-state index contributed by atoms with van der Waals surface area (Å²) in [5.41, 5.74) is 12.0. The van der Waals surface area contributed by atoms with Crippen LogP contribution in [-0.4, -0.2) is 18.5 Å². The van der Waals surface area contributed by atoms with Gasteiger partial charge in [-0.1, -0.05) is 18.2 Å². The number of nitrogens with zero attached hydrogens (tertiary/aromatic N) is 1. The van der Waals surface area contributed by atoms with Gasteiger partial charge in [0.25, 0.3) is 5.91 Å². The normalized spacial score (nSPS) is 23.1. The third-order valence-corrected chi connectivity index (χ3v) is 3.08. The van der Waals surface area contributed by atoms with Gasteiger partial charge in [-0.3, -0.25) is 15.2 Å². The van der Waals surface area contributed by atoms with E-state index in [0.29, 0.717) is 6.54 Å². The van der Waals surface area contributed by atoms with Crippen molar-refractivity contribution in [1.29, 1.82) is 0 Å². The molecule has 0 aromatic heterocycles. The van der Waals surface area contributed by atoms with Crippen LogP contribution >= 0.6 is 0 Å². The Morgan fingerprint density at radius 3 is 2.94 bits per heavy atom. The highest BCUT2D eigenvalue weighted by Gasteiger charge is 2.33. The Hall–Kier alpha value is -1.85. The van der Waals surface area contributed by atoms with Crippen molar-refractivity contribution in [1.82, 2.24) is 16.3 Å². The Bertz CT molecular complexity index is 497. The SMILES string of the molecule is Cc1ccccc1N1C=C2CNNC(=O)C2N1. The summed E-state index contributed by atoms with van der Waals surface area (Å²) >= 11 is 0. The monoisotopic (exact) mass is 230 g/mol. The van der Waals surface area contributed by atoms with Crippen LogP contribution in [0, 0.1) is 6.92 Å². The highest BCUT2D eigenvalue weighted by molar-refractivity contribution is 5.87. The first-order valence-electron chi connectivity index (χ1n) is 5.60. The highest BCUT2D eigenvalue weighted by Crippen LogP contribution is 2.24. The van der Waals surface area contributed by atoms with Gasteiger partial charge in [0, 0.05) is 12.7 Å². The molecular weight excluding hydrogens is 216 g/mol. The summed E-state index contributed by atoms with van der Waals surface area (Å²) in [6, 6.07) is 7.82. The van der Waals surface area contributed by atoms with Crippen LogP contribution in [0.25, 0.3) is 0 Å². The first-order valence-corrected chi connectivity index (χ1v) is 5.60. The molecule has 17 heavy (non-hydrogen) atoms. The van der Waals surface area contributed by atoms with Crippen LogP contribution < -0.4 is 21.3 Å². The smallest absolute Gasteiger partial charge is 0.257 e. The van der Waals surface area contributed by atoms with Crippen molar-refractivity contribution >= 4 is 11.6 Å². The summed E-state index contributed by atoms with van der Waals surface area (Å²) in [4.78, 5) is 11.6. The predicted octanol–water partition coefficient (Wildman–Crippen LogP) is 0.207. The second-order valence-electron chi connectivity index (χ2n) is 4.27. The number of carbonyl (C=O) groups excluding carboxylic acids is 1. The van der Waals surface area contributed by atoms with E-state index in [1.165, 1.54) is 5.56 Å². The Morgan fingerprint density at radius 2 is 2.18 bits per heavy atom. The van der Waals surface area contributed by atoms with Gasteiger partial charge in [0.2, 0.25) is 0 Å². The average Bonchev–Trinajstić information content (AvgIpc) is 2.75. The number of para-hydroxylation sites is 1. The van der Waals surface area contributed by atoms with Gasteiger partial charge >= 0.3 is 0 Å². The van der Waals surface area contributed by atoms with Crippen molar-refractivity contribution in [3.05, 3.63) is 41.6 Å². The van der Waals surface area contributed by atoms with E-state index in [1.54, 1.807) is 0 Å². The molecule has 1 atom stereocenters. The molecule has 5 nitrogen and oxygen atoms in total. The fraction of sp³-hybridized carbons (Fsp3) is 0.250. The standard InChI is InChI=1S/C12H14N4O/c1-8-4-2-3-5-10(8)16-7-9-6-13-14-12(17)11(9)15-16/h2-5,7,11,13,15H,6H2,1H3,(H,14,17). The summed E-state index contributed by atoms with van der Waals surface area (Å²) in [7, 11) is 0. The molecule has 5 heteroatoms. The highest BCUT2D eigenvalue weighted by atomic mass is 16.2. The fourth-order valence-corrected chi connectivity index (χ4v) is 2.15. The van der Waals surface area contributed by atoms with Gasteiger partial charge in [0.05, 0.1) is 5.69 Å². The molecule has 1 unspecified atom stereocenters. The molecule has 2 aliphatic heterocycles. The minimum absolute atomic E-state index is 0.0430. The van der Waals surface area contributed by atoms with E-state index >= 15 is 0 Å². The molecule has 1 aromatic rings. The number of hydrogen-bond acceptors (Lipinski definition) is 4. The number of nitrogens with one attached hydrogen (secondary N) is 3. The molecule has 2 aliphatic rings. The van der Waals surface area contributed by atoms with Crippen LogP contribution in [0.15, 0.2) is 36.0 Å². The molecule has 0 bridgehead atoms. The third-order valence-electron chi connectivity index (χ3n) is 3.08. The van der Waals surface area contributed by atoms with Gasteiger partial charge in [-0.2, -0.15) is 0 Å². The molecular formula is C12H14N4O. The summed E-state index contributed by atoms with van der Waals surface area (Å²) in [6.45, 7) is 2.72. The largest absolute Gasteiger partial charge is 0.290 e. The molecule has 0 aliphatic carbocycles. The van der Waals surface area contributed by atoms with Gasteiger partial charge in [-0.15, -0.1) is 0 Å². The second kappa shape index (κ2) is 3.87. The van der Waals surface area contributed by atoms with Gasteiger partial charge in [-0.25, -0.2) is 10.9 Å². The van der Waals surface area contributed by atoms with Crippen molar-refractivity contribution in [3.8, 4) is 0 Å². The second-order valence-corrected chi connectivity index (χ2v) is 4.27. The number of rotatable bonds is 1. The van der Waals surface area contributed by atoms with Crippen molar-refractivity contribution in [2.75, 3.05) is 11.6 Å². The average molecular weight is 230 g/mol. The maximum absolute atomic E-state index is 11.6. The molecule has 2 heterocycles. The molecule has 1 aromatic carbocycles. The number of hydrogen-bond donors (Lipinski definition) is 3. The number of carbonyl (C=O) groups is 1. The van der Waals surface area contributed by atoms with Gasteiger partial charge in [0.15, 0.2) is 0 Å². The van der Waals surface area contributed by atoms with Gasteiger partial charge < -0.3 is 0 Å². The third kappa shape index (κ3) is 1.69. The zero-order valence-electron chi connectivity index (χ0n) is 9.53. The van der Waals surface area contributed by atoms with Gasteiger partial charge in [-0.05, 0) is 24.1 Å². The van der Waals surface area contributed by atoms with E-state index in [0.717, 1.165) is 11.3 Å². The number of anilines is 1. The Kier molecular flexibility index (Phi) is 2.35. The molecule has 3 rings (SSSR count). The van der Waals surface area contributed by atoms with E-state index in [1.807, 2.05) is 29.4 Å². The lowest BCUT2D eigenvalue weighted by molar-refractivity contribution is -0.123. The van der Waals surface area contributed by atoms with E-state index in [-0.39, 0.29) is 11.9 Å². The zero-order valence-corrected chi connectivity index (χ0v) is 9.53. The molecule has 0 radical (unpaired) electrons. The quantitative estimate of drug-likeness (QED) is 0.645. The van der Waals surface area contributed by atoms with Crippen LogP contribution in [-0.2, 0) is 4.79 Å². The zero-order chi connectivity index (χ0) is 11.8. The molecule has 0 saturated carbocycles. The molecule has 1 saturated heterocycles. The Balaban J connectivity index is 1.91. The summed E-state index contributed by atoms with van der Waals surface area (Å²) in [5, 5.41) is 1.92. The first kappa shape index (κ1) is 10.3. The number of aryl methyl sites for hydroxylation is 1. The summed E-state index contributed by atoms with van der Waals surface area (Å²) < 4.78 is 0. The predicted molar refractivity (Wildman–Crippen MR) is 64.8 cm³/mol. The van der Waals surface area contributed by atoms with Crippen LogP contribution in [0.2, 0.25) is 0 Å². The number of hydrazine groups is 2. The van der Waals surface area contributed by atoms with E-state index in [4.69, 9.17) is 0 Å². The number of benzene rings is 1. The van der Waals surface area contributed by atoms with E-state index < -0.39 is 0 Å². The lowest BCUT2D eigenvalue weighted by atomic mass is 10.1. The van der Waals surface area contributed by atoms with Crippen molar-refractivity contribution in [2.45, 2.75) is 13.0 Å². The van der Waals surface area contributed by atoms with Crippen LogP contribution in [0.5, 0.6) is 0 Å².